The van der Waals surface area contributed by atoms with E-state index in [-0.39, 0.29) is 0 Å². The second kappa shape index (κ2) is 14.4. The largest absolute Gasteiger partial charge is 0.208 e. The summed E-state index contributed by atoms with van der Waals surface area (Å²) < 4.78 is 0. The Morgan fingerprint density at radius 1 is 0.179 bits per heavy atom. The smallest absolute Gasteiger partial charge is 0.164 e. The highest BCUT2D eigenvalue weighted by Crippen LogP contribution is 2.45. The van der Waals surface area contributed by atoms with Crippen molar-refractivity contribution in [1.82, 2.24) is 15.0 Å². The summed E-state index contributed by atoms with van der Waals surface area (Å²) in [6.45, 7) is 0. The minimum absolute atomic E-state index is 0.639. The second-order valence-corrected chi connectivity index (χ2v) is 14.0. The quantitative estimate of drug-likeness (QED) is 0.154. The van der Waals surface area contributed by atoms with Crippen molar-refractivity contribution in [2.45, 2.75) is 0 Å². The van der Waals surface area contributed by atoms with E-state index < -0.39 is 0 Å². The lowest BCUT2D eigenvalue weighted by Gasteiger charge is -2.19. The first kappa shape index (κ1) is 33.1. The summed E-state index contributed by atoms with van der Waals surface area (Å²) >= 11 is 0. The van der Waals surface area contributed by atoms with Gasteiger partial charge in [0.15, 0.2) is 17.5 Å². The first-order chi connectivity index (χ1) is 27.8. The highest BCUT2D eigenvalue weighted by Gasteiger charge is 2.19. The second-order valence-electron chi connectivity index (χ2n) is 14.0. The van der Waals surface area contributed by atoms with Crippen LogP contribution in [-0.2, 0) is 0 Å². The van der Waals surface area contributed by atoms with Crippen molar-refractivity contribution in [2.75, 3.05) is 0 Å². The van der Waals surface area contributed by atoms with Crippen LogP contribution in [0.4, 0.5) is 0 Å². The van der Waals surface area contributed by atoms with Gasteiger partial charge in [0.25, 0.3) is 0 Å². The van der Waals surface area contributed by atoms with Crippen molar-refractivity contribution in [3.63, 3.8) is 0 Å². The minimum Gasteiger partial charge on any atom is -0.208 e. The lowest BCUT2D eigenvalue weighted by Crippen LogP contribution is -2.00. The summed E-state index contributed by atoms with van der Waals surface area (Å²) in [5, 5.41) is 4.92. The van der Waals surface area contributed by atoms with Crippen molar-refractivity contribution >= 4 is 21.5 Å². The normalized spacial score (nSPS) is 11.2. The van der Waals surface area contributed by atoms with Crippen LogP contribution in [0.2, 0.25) is 0 Å². The van der Waals surface area contributed by atoms with Crippen LogP contribution in [0.25, 0.3) is 100 Å². The van der Waals surface area contributed by atoms with E-state index in [0.29, 0.717) is 17.5 Å². The number of hydrogen-bond acceptors (Lipinski definition) is 3. The van der Waals surface area contributed by atoms with E-state index in [1.54, 1.807) is 0 Å². The van der Waals surface area contributed by atoms with Crippen molar-refractivity contribution in [3.8, 4) is 78.7 Å². The van der Waals surface area contributed by atoms with E-state index in [1.165, 1.54) is 60.5 Å². The Morgan fingerprint density at radius 2 is 0.411 bits per heavy atom. The molecule has 0 unspecified atom stereocenters. The van der Waals surface area contributed by atoms with Crippen molar-refractivity contribution in [2.24, 2.45) is 0 Å². The van der Waals surface area contributed by atoms with Crippen molar-refractivity contribution < 1.29 is 0 Å². The number of benzene rings is 9. The van der Waals surface area contributed by atoms with Crippen LogP contribution < -0.4 is 0 Å². The predicted molar refractivity (Wildman–Crippen MR) is 233 cm³/mol. The van der Waals surface area contributed by atoms with E-state index in [1.807, 2.05) is 60.7 Å². The molecule has 56 heavy (non-hydrogen) atoms. The van der Waals surface area contributed by atoms with Crippen molar-refractivity contribution in [3.05, 3.63) is 212 Å². The summed E-state index contributed by atoms with van der Waals surface area (Å²) in [6.07, 6.45) is 0. The van der Waals surface area contributed by atoms with Crippen molar-refractivity contribution in [1.29, 1.82) is 0 Å². The molecule has 0 N–H and O–H groups in total. The molecular formula is C53H35N3. The molecule has 0 saturated heterocycles. The van der Waals surface area contributed by atoms with E-state index in [0.717, 1.165) is 22.3 Å². The molecule has 3 nitrogen and oxygen atoms in total. The number of hydrogen-bond donors (Lipinski definition) is 0. The van der Waals surface area contributed by atoms with E-state index in [9.17, 15) is 0 Å². The fourth-order valence-corrected chi connectivity index (χ4v) is 7.78. The molecule has 262 valence electrons. The molecule has 0 amide bonds. The molecule has 10 rings (SSSR count). The Bertz CT molecular complexity index is 2900. The minimum atomic E-state index is 0.639. The number of fused-ring (bicyclic) bond motifs is 3. The molecule has 1 aromatic heterocycles. The van der Waals surface area contributed by atoms with Crippen LogP contribution >= 0.6 is 0 Å². The fraction of sp³-hybridized carbons (Fsp3) is 0. The maximum atomic E-state index is 4.99. The van der Waals surface area contributed by atoms with Gasteiger partial charge >= 0.3 is 0 Å². The Balaban J connectivity index is 1.09. The maximum Gasteiger partial charge on any atom is 0.164 e. The summed E-state index contributed by atoms with van der Waals surface area (Å²) in [6, 6.07) is 74.9. The van der Waals surface area contributed by atoms with Gasteiger partial charge in [-0.15, -0.1) is 0 Å². The molecule has 0 radical (unpaired) electrons. The van der Waals surface area contributed by atoms with Crippen LogP contribution in [-0.4, -0.2) is 15.0 Å². The fourth-order valence-electron chi connectivity index (χ4n) is 7.78. The summed E-state index contributed by atoms with van der Waals surface area (Å²) in [4.78, 5) is 14.9. The zero-order chi connectivity index (χ0) is 37.3. The molecule has 0 aliphatic heterocycles. The zero-order valence-electron chi connectivity index (χ0n) is 30.5. The third-order valence-electron chi connectivity index (χ3n) is 10.6. The Hall–Kier alpha value is -7.49. The van der Waals surface area contributed by atoms with Crippen LogP contribution in [0.15, 0.2) is 212 Å². The number of rotatable bonds is 7. The molecule has 0 bridgehead atoms. The summed E-state index contributed by atoms with van der Waals surface area (Å²) in [5.41, 5.74) is 12.4. The van der Waals surface area contributed by atoms with Gasteiger partial charge in [0.2, 0.25) is 0 Å². The molecule has 3 heteroatoms. The molecule has 10 aromatic rings. The van der Waals surface area contributed by atoms with Crippen LogP contribution in [0.3, 0.4) is 0 Å². The molecule has 1 heterocycles. The van der Waals surface area contributed by atoms with Gasteiger partial charge in [-0.05, 0) is 66.1 Å². The third kappa shape index (κ3) is 6.21. The Morgan fingerprint density at radius 3 is 0.768 bits per heavy atom. The molecule has 0 fully saturated rings. The van der Waals surface area contributed by atoms with E-state index in [4.69, 9.17) is 15.0 Å². The molecule has 0 atom stereocenters. The summed E-state index contributed by atoms with van der Waals surface area (Å²) in [5.74, 6) is 1.94. The monoisotopic (exact) mass is 713 g/mol. The Labute approximate surface area is 326 Å². The van der Waals surface area contributed by atoms with E-state index >= 15 is 0 Å². The SMILES string of the molecule is c1ccc(-c2ccc(-c3ccc(-c4c(-c5ccc(-c6nc(-c7ccccc7)nc(-c7ccccc7)n6)cc5)c5ccccc5c5ccccc45)cc3)cc2)cc1. The van der Waals surface area contributed by atoms with Gasteiger partial charge in [-0.2, -0.15) is 0 Å². The topological polar surface area (TPSA) is 38.7 Å². The average molecular weight is 714 g/mol. The molecule has 0 saturated carbocycles. The highest BCUT2D eigenvalue weighted by molar-refractivity contribution is 6.21. The van der Waals surface area contributed by atoms with Gasteiger partial charge < -0.3 is 0 Å². The zero-order valence-corrected chi connectivity index (χ0v) is 30.5. The van der Waals surface area contributed by atoms with Gasteiger partial charge in [-0.3, -0.25) is 0 Å². The van der Waals surface area contributed by atoms with Gasteiger partial charge in [-0.1, -0.05) is 212 Å². The van der Waals surface area contributed by atoms with Gasteiger partial charge in [-0.25, -0.2) is 15.0 Å². The van der Waals surface area contributed by atoms with Gasteiger partial charge in [0, 0.05) is 16.7 Å². The van der Waals surface area contributed by atoms with Gasteiger partial charge in [0.1, 0.15) is 0 Å². The van der Waals surface area contributed by atoms with Crippen LogP contribution in [0.1, 0.15) is 0 Å². The molecule has 0 spiro atoms. The van der Waals surface area contributed by atoms with Crippen LogP contribution in [0.5, 0.6) is 0 Å². The maximum absolute atomic E-state index is 4.99. The number of aromatic nitrogens is 3. The van der Waals surface area contributed by atoms with Gasteiger partial charge in [0.05, 0.1) is 0 Å². The first-order valence-corrected chi connectivity index (χ1v) is 18.9. The average Bonchev–Trinajstić information content (AvgIpc) is 3.29. The lowest BCUT2D eigenvalue weighted by molar-refractivity contribution is 1.07. The third-order valence-corrected chi connectivity index (χ3v) is 10.6. The molecule has 9 aromatic carbocycles. The lowest BCUT2D eigenvalue weighted by atomic mass is 9.84. The molecular weight excluding hydrogens is 679 g/mol. The summed E-state index contributed by atoms with van der Waals surface area (Å²) in [7, 11) is 0. The highest BCUT2D eigenvalue weighted by atomic mass is 15.0. The molecule has 0 aliphatic rings. The van der Waals surface area contributed by atoms with Crippen LogP contribution in [0, 0.1) is 0 Å². The first-order valence-electron chi connectivity index (χ1n) is 18.9. The standard InChI is InChI=1S/C53H35N3/c1-4-14-36(15-5-1)37-24-26-38(27-25-37)39-28-30-40(31-29-39)49-47-22-12-10-20-45(47)46-21-11-13-23-48(46)50(49)41-32-34-44(35-33-41)53-55-51(42-16-6-2-7-17-42)54-52(56-53)43-18-8-3-9-19-43/h1-35H. The predicted octanol–water partition coefficient (Wildman–Crippen LogP) is 13.8. The number of nitrogens with zero attached hydrogens (tertiary/aromatic N) is 3. The van der Waals surface area contributed by atoms with E-state index in [2.05, 4.69) is 152 Å². The molecule has 0 aliphatic carbocycles. The Kier molecular flexibility index (Phi) is 8.51.